The second-order valence-electron chi connectivity index (χ2n) is 8.66. The fraction of sp³-hybridized carbons (Fsp3) is 0.391. The minimum atomic E-state index is -4.85. The molecule has 2 aliphatic rings. The maximum Gasteiger partial charge on any atom is 0.410 e. The maximum absolute atomic E-state index is 15.3. The first-order valence-corrected chi connectivity index (χ1v) is 14.5. The minimum absolute atomic E-state index is 0.0231. The van der Waals surface area contributed by atoms with Crippen molar-refractivity contribution in [1.82, 2.24) is 0 Å². The number of ether oxygens (including phenoxy) is 2. The van der Waals surface area contributed by atoms with Gasteiger partial charge in [0, 0.05) is 29.0 Å². The summed E-state index contributed by atoms with van der Waals surface area (Å²) in [7, 11) is -8.87. The molecule has 37 heavy (non-hydrogen) atoms. The number of sulfone groups is 2. The van der Waals surface area contributed by atoms with Crippen molar-refractivity contribution >= 4 is 31.3 Å². The van der Waals surface area contributed by atoms with Gasteiger partial charge in [0.25, 0.3) is 0 Å². The van der Waals surface area contributed by atoms with Crippen molar-refractivity contribution in [2.45, 2.75) is 34.8 Å². The SMILES string of the molecule is O=S(=O)(C=CC(F)(F)F)CC[C@@H]1OCC[C@@]2(S(=O)(=O)c3ccc(Cl)cc3)c3c(F)ccc(F)c3OC[C@@H]12. The molecule has 2 aliphatic heterocycles. The first-order chi connectivity index (χ1) is 17.2. The Bertz CT molecular complexity index is 1420. The van der Waals surface area contributed by atoms with E-state index in [-0.39, 0.29) is 28.4 Å². The van der Waals surface area contributed by atoms with Gasteiger partial charge in [-0.05, 0) is 49.2 Å². The zero-order chi connectivity index (χ0) is 27.2. The van der Waals surface area contributed by atoms with E-state index in [1.54, 1.807) is 0 Å². The summed E-state index contributed by atoms with van der Waals surface area (Å²) < 4.78 is 129. The molecule has 6 nitrogen and oxygen atoms in total. The van der Waals surface area contributed by atoms with E-state index in [1.165, 1.54) is 24.3 Å². The molecule has 0 spiro atoms. The monoisotopic (exact) mass is 586 g/mol. The molecule has 0 N–H and O–H groups in total. The van der Waals surface area contributed by atoms with Crippen LogP contribution in [0.2, 0.25) is 5.02 Å². The van der Waals surface area contributed by atoms with Crippen molar-refractivity contribution in [1.29, 1.82) is 0 Å². The Morgan fingerprint density at radius 3 is 2.32 bits per heavy atom. The summed E-state index contributed by atoms with van der Waals surface area (Å²) in [6, 6.07) is 6.64. The highest BCUT2D eigenvalue weighted by atomic mass is 35.5. The van der Waals surface area contributed by atoms with Crippen molar-refractivity contribution < 1.29 is 48.3 Å². The van der Waals surface area contributed by atoms with Crippen LogP contribution in [0.3, 0.4) is 0 Å². The molecule has 0 amide bonds. The van der Waals surface area contributed by atoms with Crippen molar-refractivity contribution in [3.05, 3.63) is 70.1 Å². The van der Waals surface area contributed by atoms with Gasteiger partial charge in [-0.1, -0.05) is 11.6 Å². The molecule has 2 heterocycles. The third kappa shape index (κ3) is 5.23. The molecular weight excluding hydrogens is 567 g/mol. The van der Waals surface area contributed by atoms with Gasteiger partial charge in [0.05, 0.1) is 28.9 Å². The fourth-order valence-electron chi connectivity index (χ4n) is 4.86. The Morgan fingerprint density at radius 1 is 1.03 bits per heavy atom. The van der Waals surface area contributed by atoms with Gasteiger partial charge in [-0.25, -0.2) is 25.6 Å². The quantitative estimate of drug-likeness (QED) is 0.445. The molecule has 0 aliphatic carbocycles. The molecule has 0 radical (unpaired) electrons. The van der Waals surface area contributed by atoms with Crippen LogP contribution in [0.5, 0.6) is 5.75 Å². The molecule has 4 rings (SSSR count). The largest absolute Gasteiger partial charge is 0.490 e. The van der Waals surface area contributed by atoms with Gasteiger partial charge in [0.1, 0.15) is 10.6 Å². The molecule has 2 aromatic carbocycles. The normalized spacial score (nSPS) is 24.4. The van der Waals surface area contributed by atoms with E-state index in [0.29, 0.717) is 0 Å². The van der Waals surface area contributed by atoms with Crippen LogP contribution in [0.15, 0.2) is 52.8 Å². The van der Waals surface area contributed by atoms with Crippen molar-refractivity contribution in [2.75, 3.05) is 19.0 Å². The van der Waals surface area contributed by atoms with Gasteiger partial charge >= 0.3 is 6.18 Å². The number of halogens is 6. The van der Waals surface area contributed by atoms with Crippen LogP contribution in [-0.4, -0.2) is 48.1 Å². The molecule has 3 atom stereocenters. The van der Waals surface area contributed by atoms with Gasteiger partial charge in [0.15, 0.2) is 31.2 Å². The predicted molar refractivity (Wildman–Crippen MR) is 124 cm³/mol. The zero-order valence-corrected chi connectivity index (χ0v) is 21.2. The van der Waals surface area contributed by atoms with E-state index in [9.17, 15) is 34.4 Å². The lowest BCUT2D eigenvalue weighted by atomic mass is 9.75. The molecule has 0 unspecified atom stereocenters. The van der Waals surface area contributed by atoms with Crippen LogP contribution >= 0.6 is 11.6 Å². The molecular formula is C23H20ClF5O6S2. The first kappa shape index (κ1) is 27.8. The van der Waals surface area contributed by atoms with Gasteiger partial charge in [-0.3, -0.25) is 0 Å². The van der Waals surface area contributed by atoms with Crippen LogP contribution in [0.25, 0.3) is 0 Å². The number of hydrogen-bond acceptors (Lipinski definition) is 6. The standard InChI is InChI=1S/C23H20ClF5O6S2/c24-14-1-3-15(4-2-14)37(32,33)22-8-10-34-19(7-11-36(30,31)12-9-23(27,28)29)16(22)13-35-21-18(26)6-5-17(25)20(21)22/h1-6,9,12,16,19H,7-8,10-11,13H2/t16-,19-,22-/m0/s1. The summed E-state index contributed by atoms with van der Waals surface area (Å²) in [5.41, 5.74) is -0.535. The molecule has 0 saturated carbocycles. The lowest BCUT2D eigenvalue weighted by Crippen LogP contribution is -2.57. The maximum atomic E-state index is 15.3. The molecule has 2 aromatic rings. The fourth-order valence-corrected chi connectivity index (χ4v) is 8.39. The van der Waals surface area contributed by atoms with Crippen LogP contribution in [0.1, 0.15) is 18.4 Å². The summed E-state index contributed by atoms with van der Waals surface area (Å²) >= 11 is 5.89. The van der Waals surface area contributed by atoms with Gasteiger partial charge in [-0.15, -0.1) is 0 Å². The topological polar surface area (TPSA) is 86.7 Å². The van der Waals surface area contributed by atoms with E-state index >= 15 is 4.39 Å². The summed E-state index contributed by atoms with van der Waals surface area (Å²) in [6.45, 7) is -0.745. The Kier molecular flexibility index (Phi) is 7.38. The van der Waals surface area contributed by atoms with E-state index < -0.39 is 90.4 Å². The Hall–Kier alpha value is -2.22. The third-order valence-corrected chi connectivity index (χ3v) is 10.7. The van der Waals surface area contributed by atoms with Crippen molar-refractivity contribution in [3.8, 4) is 5.75 Å². The van der Waals surface area contributed by atoms with E-state index in [1.807, 2.05) is 0 Å². The average Bonchev–Trinajstić information content (AvgIpc) is 2.83. The van der Waals surface area contributed by atoms with E-state index in [2.05, 4.69) is 0 Å². The van der Waals surface area contributed by atoms with Gasteiger partial charge < -0.3 is 9.47 Å². The molecule has 14 heteroatoms. The third-order valence-electron chi connectivity index (χ3n) is 6.50. The summed E-state index contributed by atoms with van der Waals surface area (Å²) in [5, 5.41) is 0.259. The van der Waals surface area contributed by atoms with Crippen LogP contribution in [0, 0.1) is 17.6 Å². The summed E-state index contributed by atoms with van der Waals surface area (Å²) in [5.74, 6) is -4.62. The number of fused-ring (bicyclic) bond motifs is 3. The van der Waals surface area contributed by atoms with Gasteiger partial charge in [0.2, 0.25) is 0 Å². The molecule has 0 bridgehead atoms. The van der Waals surface area contributed by atoms with Crippen LogP contribution in [-0.2, 0) is 29.2 Å². The smallest absolute Gasteiger partial charge is 0.410 e. The Balaban J connectivity index is 1.81. The first-order valence-electron chi connectivity index (χ1n) is 10.9. The highest BCUT2D eigenvalue weighted by Crippen LogP contribution is 2.56. The second-order valence-corrected chi connectivity index (χ2v) is 13.3. The predicted octanol–water partition coefficient (Wildman–Crippen LogP) is 4.97. The number of alkyl halides is 3. The van der Waals surface area contributed by atoms with Crippen LogP contribution in [0.4, 0.5) is 22.0 Å². The molecule has 0 aromatic heterocycles. The van der Waals surface area contributed by atoms with Crippen LogP contribution < -0.4 is 4.74 Å². The number of allylic oxidation sites excluding steroid dienone is 1. The Morgan fingerprint density at radius 2 is 1.68 bits per heavy atom. The zero-order valence-electron chi connectivity index (χ0n) is 18.8. The van der Waals surface area contributed by atoms with Gasteiger partial charge in [-0.2, -0.15) is 13.2 Å². The second kappa shape index (κ2) is 9.83. The summed E-state index contributed by atoms with van der Waals surface area (Å²) in [4.78, 5) is -0.236. The lowest BCUT2D eigenvalue weighted by molar-refractivity contribution is -0.0797. The number of hydrogen-bond donors (Lipinski definition) is 0. The van der Waals surface area contributed by atoms with Crippen molar-refractivity contribution in [3.63, 3.8) is 0 Å². The number of rotatable bonds is 6. The lowest BCUT2D eigenvalue weighted by Gasteiger charge is -2.50. The molecule has 202 valence electrons. The highest BCUT2D eigenvalue weighted by Gasteiger charge is 2.61. The van der Waals surface area contributed by atoms with E-state index in [4.69, 9.17) is 21.1 Å². The average molecular weight is 587 g/mol. The van der Waals surface area contributed by atoms with E-state index in [0.717, 1.165) is 12.1 Å². The highest BCUT2D eigenvalue weighted by molar-refractivity contribution is 7.94. The van der Waals surface area contributed by atoms with Crippen molar-refractivity contribution in [2.24, 2.45) is 5.92 Å². The number of benzene rings is 2. The Labute approximate surface area is 214 Å². The molecule has 1 saturated heterocycles. The molecule has 1 fully saturated rings. The minimum Gasteiger partial charge on any atom is -0.490 e. The summed E-state index contributed by atoms with van der Waals surface area (Å²) in [6.07, 6.45) is -7.17.